The zero-order chi connectivity index (χ0) is 13.1. The number of aromatic nitrogens is 1. The Kier molecular flexibility index (Phi) is 4.48. The number of likely N-dealkylation sites (N-methyl/N-ethyl adjacent to an activating group) is 1. The second kappa shape index (κ2) is 5.47. The lowest BCUT2D eigenvalue weighted by atomic mass is 10.0. The Morgan fingerprint density at radius 2 is 2.12 bits per heavy atom. The predicted molar refractivity (Wildman–Crippen MR) is 71.0 cm³/mol. The van der Waals surface area contributed by atoms with E-state index in [1.54, 1.807) is 0 Å². The molecule has 0 saturated carbocycles. The van der Waals surface area contributed by atoms with Crippen LogP contribution in [0.1, 0.15) is 38.9 Å². The quantitative estimate of drug-likeness (QED) is 0.818. The highest BCUT2D eigenvalue weighted by molar-refractivity contribution is 5.46. The number of hydrogen-bond donors (Lipinski definition) is 2. The van der Waals surface area contributed by atoms with Crippen molar-refractivity contribution in [3.05, 3.63) is 24.0 Å². The van der Waals surface area contributed by atoms with Gasteiger partial charge in [-0.2, -0.15) is 0 Å². The van der Waals surface area contributed by atoms with Crippen LogP contribution in [0, 0.1) is 0 Å². The Balaban J connectivity index is 2.88. The van der Waals surface area contributed by atoms with Gasteiger partial charge in [0.1, 0.15) is 0 Å². The highest BCUT2D eigenvalue weighted by Gasteiger charge is 2.22. The lowest BCUT2D eigenvalue weighted by Gasteiger charge is -2.35. The number of pyridine rings is 1. The molecule has 0 unspecified atom stereocenters. The molecule has 0 spiro atoms. The molecule has 1 heterocycles. The lowest BCUT2D eigenvalue weighted by Crippen LogP contribution is -2.44. The summed E-state index contributed by atoms with van der Waals surface area (Å²) in [5, 5.41) is 9.32. The monoisotopic (exact) mass is 237 g/mol. The van der Waals surface area contributed by atoms with Gasteiger partial charge in [-0.3, -0.25) is 4.98 Å². The molecule has 0 aromatic carbocycles. The molecular weight excluding hydrogens is 214 g/mol. The maximum Gasteiger partial charge on any atom is 0.0658 e. The van der Waals surface area contributed by atoms with Crippen molar-refractivity contribution in [1.82, 2.24) is 4.98 Å². The van der Waals surface area contributed by atoms with Gasteiger partial charge < -0.3 is 15.7 Å². The van der Waals surface area contributed by atoms with E-state index in [0.29, 0.717) is 0 Å². The normalized spacial score (nSPS) is 13.5. The van der Waals surface area contributed by atoms with Crippen LogP contribution in [0.25, 0.3) is 0 Å². The Hall–Kier alpha value is -1.13. The molecule has 1 aromatic rings. The van der Waals surface area contributed by atoms with Gasteiger partial charge in [0.2, 0.25) is 0 Å². The fourth-order valence-corrected chi connectivity index (χ4v) is 1.48. The van der Waals surface area contributed by atoms with Crippen LogP contribution in [0.4, 0.5) is 5.69 Å². The lowest BCUT2D eigenvalue weighted by molar-refractivity contribution is 0.216. The molecule has 0 fully saturated rings. The molecule has 0 aliphatic rings. The molecule has 0 aliphatic carbocycles. The van der Waals surface area contributed by atoms with Gasteiger partial charge in [-0.15, -0.1) is 0 Å². The van der Waals surface area contributed by atoms with Crippen LogP contribution in [0.3, 0.4) is 0 Å². The van der Waals surface area contributed by atoms with E-state index in [0.717, 1.165) is 17.8 Å². The highest BCUT2D eigenvalue weighted by atomic mass is 16.3. The Morgan fingerprint density at radius 1 is 1.47 bits per heavy atom. The standard InChI is InChI=1S/C13H23N3O/c1-5-11(14)12-7-6-10(8-15-12)16(4)13(2,3)9-17/h6-8,11,17H,5,9,14H2,1-4H3/t11-/m1/s1. The van der Waals surface area contributed by atoms with Crippen LogP contribution < -0.4 is 10.6 Å². The number of hydrogen-bond acceptors (Lipinski definition) is 4. The van der Waals surface area contributed by atoms with E-state index in [4.69, 9.17) is 5.73 Å². The molecule has 0 radical (unpaired) electrons. The van der Waals surface area contributed by atoms with Crippen LogP contribution in [-0.2, 0) is 0 Å². The van der Waals surface area contributed by atoms with Gasteiger partial charge in [0.05, 0.1) is 29.7 Å². The van der Waals surface area contributed by atoms with Gasteiger partial charge >= 0.3 is 0 Å². The average Bonchev–Trinajstić information content (AvgIpc) is 2.37. The van der Waals surface area contributed by atoms with Crippen LogP contribution >= 0.6 is 0 Å². The number of rotatable bonds is 5. The van der Waals surface area contributed by atoms with Crippen molar-refractivity contribution in [2.75, 3.05) is 18.6 Å². The second-order valence-electron chi connectivity index (χ2n) is 4.99. The summed E-state index contributed by atoms with van der Waals surface area (Å²) in [5.41, 5.74) is 7.51. The number of aliphatic hydroxyl groups excluding tert-OH is 1. The third-order valence-electron chi connectivity index (χ3n) is 3.27. The first kappa shape index (κ1) is 13.9. The van der Waals surface area contributed by atoms with E-state index in [1.807, 2.05) is 51.0 Å². The molecule has 0 bridgehead atoms. The SMILES string of the molecule is CC[C@@H](N)c1ccc(N(C)C(C)(C)CO)cn1. The van der Waals surface area contributed by atoms with Crippen LogP contribution in [0.2, 0.25) is 0 Å². The third kappa shape index (κ3) is 3.17. The fourth-order valence-electron chi connectivity index (χ4n) is 1.48. The van der Waals surface area contributed by atoms with E-state index in [2.05, 4.69) is 4.98 Å². The molecule has 1 rings (SSSR count). The smallest absolute Gasteiger partial charge is 0.0658 e. The van der Waals surface area contributed by atoms with Crippen LogP contribution in [0.15, 0.2) is 18.3 Å². The number of nitrogens with two attached hydrogens (primary N) is 1. The van der Waals surface area contributed by atoms with E-state index in [1.165, 1.54) is 0 Å². The molecule has 3 N–H and O–H groups in total. The van der Waals surface area contributed by atoms with Crippen LogP contribution in [0.5, 0.6) is 0 Å². The molecule has 0 saturated heterocycles. The van der Waals surface area contributed by atoms with Gasteiger partial charge in [-0.25, -0.2) is 0 Å². The molecule has 0 amide bonds. The van der Waals surface area contributed by atoms with Gasteiger partial charge in [-0.1, -0.05) is 6.92 Å². The van der Waals surface area contributed by atoms with Gasteiger partial charge in [-0.05, 0) is 32.4 Å². The van der Waals surface area contributed by atoms with E-state index in [-0.39, 0.29) is 18.2 Å². The van der Waals surface area contributed by atoms with E-state index < -0.39 is 0 Å². The first-order valence-corrected chi connectivity index (χ1v) is 5.98. The summed E-state index contributed by atoms with van der Waals surface area (Å²) in [6.07, 6.45) is 2.69. The predicted octanol–water partition coefficient (Wildman–Crippen LogP) is 1.70. The van der Waals surface area contributed by atoms with E-state index in [9.17, 15) is 5.11 Å². The molecule has 17 heavy (non-hydrogen) atoms. The molecular formula is C13H23N3O. The summed E-state index contributed by atoms with van der Waals surface area (Å²) in [7, 11) is 1.95. The van der Waals surface area contributed by atoms with Crippen molar-refractivity contribution in [3.8, 4) is 0 Å². The first-order valence-electron chi connectivity index (χ1n) is 5.98. The van der Waals surface area contributed by atoms with E-state index >= 15 is 0 Å². The first-order chi connectivity index (χ1) is 7.92. The van der Waals surface area contributed by atoms with Crippen molar-refractivity contribution in [2.45, 2.75) is 38.8 Å². The van der Waals surface area contributed by atoms with Crippen molar-refractivity contribution in [2.24, 2.45) is 5.73 Å². The fraction of sp³-hybridized carbons (Fsp3) is 0.615. The maximum atomic E-state index is 9.32. The molecule has 4 nitrogen and oxygen atoms in total. The molecule has 1 aromatic heterocycles. The van der Waals surface area contributed by atoms with Gasteiger partial charge in [0.25, 0.3) is 0 Å². The van der Waals surface area contributed by atoms with Crippen molar-refractivity contribution < 1.29 is 5.11 Å². The number of anilines is 1. The minimum Gasteiger partial charge on any atom is -0.394 e. The zero-order valence-corrected chi connectivity index (χ0v) is 11.1. The molecule has 1 atom stereocenters. The third-order valence-corrected chi connectivity index (χ3v) is 3.27. The summed E-state index contributed by atoms with van der Waals surface area (Å²) in [5.74, 6) is 0. The molecule has 96 valence electrons. The molecule has 4 heteroatoms. The summed E-state index contributed by atoms with van der Waals surface area (Å²) < 4.78 is 0. The Morgan fingerprint density at radius 3 is 2.53 bits per heavy atom. The minimum atomic E-state index is -0.296. The van der Waals surface area contributed by atoms with Crippen molar-refractivity contribution >= 4 is 5.69 Å². The van der Waals surface area contributed by atoms with Gasteiger partial charge in [0, 0.05) is 13.1 Å². The van der Waals surface area contributed by atoms with Gasteiger partial charge in [0.15, 0.2) is 0 Å². The molecule has 0 aliphatic heterocycles. The van der Waals surface area contributed by atoms with Crippen LogP contribution in [-0.4, -0.2) is 29.3 Å². The number of aliphatic hydroxyl groups is 1. The van der Waals surface area contributed by atoms with Crippen molar-refractivity contribution in [1.29, 1.82) is 0 Å². The van der Waals surface area contributed by atoms with Crippen molar-refractivity contribution in [3.63, 3.8) is 0 Å². The maximum absolute atomic E-state index is 9.32. The minimum absolute atomic E-state index is 0.000193. The average molecular weight is 237 g/mol. The zero-order valence-electron chi connectivity index (χ0n) is 11.1. The summed E-state index contributed by atoms with van der Waals surface area (Å²) in [4.78, 5) is 6.39. The highest BCUT2D eigenvalue weighted by Crippen LogP contribution is 2.22. The Labute approximate surface area is 103 Å². The number of nitrogens with zero attached hydrogens (tertiary/aromatic N) is 2. The Bertz CT molecular complexity index is 348. The summed E-state index contributed by atoms with van der Waals surface area (Å²) >= 11 is 0. The summed E-state index contributed by atoms with van der Waals surface area (Å²) in [6, 6.07) is 3.95. The second-order valence-corrected chi connectivity index (χ2v) is 4.99. The largest absolute Gasteiger partial charge is 0.394 e. The summed E-state index contributed by atoms with van der Waals surface area (Å²) in [6.45, 7) is 6.11. The topological polar surface area (TPSA) is 62.4 Å².